The van der Waals surface area contributed by atoms with E-state index in [1.54, 1.807) is 5.57 Å². The first-order valence-electron chi connectivity index (χ1n) is 17.4. The van der Waals surface area contributed by atoms with Crippen LogP contribution >= 0.6 is 0 Å². The molecule has 2 saturated heterocycles. The molecule has 4 nitrogen and oxygen atoms in total. The zero-order valence-electron chi connectivity index (χ0n) is 26.9. The normalized spacial score (nSPS) is 15.8. The first kappa shape index (κ1) is 32.6. The second-order valence-electron chi connectivity index (χ2n) is 12.4. The molecular weight excluding hydrogens is 516 g/mol. The molecular formula is C38H58N2O2. The van der Waals surface area contributed by atoms with Gasteiger partial charge in [-0.25, -0.2) is 0 Å². The molecule has 0 N–H and O–H groups in total. The Labute approximate surface area is 257 Å². The van der Waals surface area contributed by atoms with Gasteiger partial charge in [0.25, 0.3) is 0 Å². The number of rotatable bonds is 20. The standard InChI is InChI=1S/C38H58N2O2/c1-3-5-7-9-15-33(16-10-8-6-4-2)38(34-17-21-36(22-18-34)41-31-29-39-25-11-12-26-39)35-19-23-37(24-20-35)42-32-30-40-27-13-14-28-40/h17-24H,3-16,25-32H2,1-2H3. The van der Waals surface area contributed by atoms with E-state index >= 15 is 0 Å². The quantitative estimate of drug-likeness (QED) is 0.147. The van der Waals surface area contributed by atoms with Gasteiger partial charge in [-0.1, -0.05) is 82.2 Å². The Balaban J connectivity index is 1.50. The van der Waals surface area contributed by atoms with Gasteiger partial charge in [0, 0.05) is 13.1 Å². The van der Waals surface area contributed by atoms with Gasteiger partial charge >= 0.3 is 0 Å². The molecule has 4 heteroatoms. The highest BCUT2D eigenvalue weighted by molar-refractivity contribution is 5.82. The van der Waals surface area contributed by atoms with E-state index in [1.165, 1.54) is 133 Å². The summed E-state index contributed by atoms with van der Waals surface area (Å²) >= 11 is 0. The summed E-state index contributed by atoms with van der Waals surface area (Å²) in [6, 6.07) is 17.9. The predicted molar refractivity (Wildman–Crippen MR) is 179 cm³/mol. The van der Waals surface area contributed by atoms with Gasteiger partial charge in [-0.2, -0.15) is 0 Å². The molecule has 2 heterocycles. The Morgan fingerprint density at radius 2 is 0.952 bits per heavy atom. The SMILES string of the molecule is CCCCCCC(CCCCCC)=C(c1ccc(OCCN2CCCC2)cc1)c1ccc(OCCN2CCCC2)cc1. The second-order valence-corrected chi connectivity index (χ2v) is 12.4. The van der Waals surface area contributed by atoms with Gasteiger partial charge in [0.15, 0.2) is 0 Å². The summed E-state index contributed by atoms with van der Waals surface area (Å²) in [6.07, 6.45) is 18.1. The molecule has 2 aromatic rings. The van der Waals surface area contributed by atoms with Crippen molar-refractivity contribution in [1.82, 2.24) is 9.80 Å². The molecule has 232 valence electrons. The molecule has 0 saturated carbocycles. The van der Waals surface area contributed by atoms with Crippen molar-refractivity contribution in [3.63, 3.8) is 0 Å². The third-order valence-electron chi connectivity index (χ3n) is 9.05. The molecule has 2 aromatic carbocycles. The van der Waals surface area contributed by atoms with Crippen LogP contribution in [0.5, 0.6) is 11.5 Å². The maximum atomic E-state index is 6.16. The fourth-order valence-electron chi connectivity index (χ4n) is 6.51. The summed E-state index contributed by atoms with van der Waals surface area (Å²) in [5, 5.41) is 0. The average molecular weight is 575 g/mol. The molecule has 0 aromatic heterocycles. The molecule has 2 aliphatic heterocycles. The van der Waals surface area contributed by atoms with Crippen LogP contribution in [0.3, 0.4) is 0 Å². The Kier molecular flexibility index (Phi) is 14.8. The van der Waals surface area contributed by atoms with Gasteiger partial charge in [-0.15, -0.1) is 0 Å². The van der Waals surface area contributed by atoms with E-state index in [-0.39, 0.29) is 0 Å². The topological polar surface area (TPSA) is 24.9 Å². The van der Waals surface area contributed by atoms with E-state index < -0.39 is 0 Å². The highest BCUT2D eigenvalue weighted by Gasteiger charge is 2.15. The van der Waals surface area contributed by atoms with Crippen molar-refractivity contribution in [2.24, 2.45) is 0 Å². The number of likely N-dealkylation sites (tertiary alicyclic amines) is 2. The van der Waals surface area contributed by atoms with Crippen LogP contribution < -0.4 is 9.47 Å². The van der Waals surface area contributed by atoms with Gasteiger partial charge < -0.3 is 9.47 Å². The second kappa shape index (κ2) is 19.1. The highest BCUT2D eigenvalue weighted by atomic mass is 16.5. The first-order chi connectivity index (χ1) is 20.8. The number of ether oxygens (including phenoxy) is 2. The van der Waals surface area contributed by atoms with Crippen LogP contribution in [0.15, 0.2) is 54.1 Å². The minimum Gasteiger partial charge on any atom is -0.492 e. The zero-order valence-corrected chi connectivity index (χ0v) is 26.9. The van der Waals surface area contributed by atoms with Crippen LogP contribution in [0.4, 0.5) is 0 Å². The molecule has 0 aliphatic carbocycles. The molecule has 0 bridgehead atoms. The van der Waals surface area contributed by atoms with Gasteiger partial charge in [-0.05, 0) is 119 Å². The summed E-state index contributed by atoms with van der Waals surface area (Å²) < 4.78 is 12.3. The fourth-order valence-corrected chi connectivity index (χ4v) is 6.51. The van der Waals surface area contributed by atoms with Crippen molar-refractivity contribution in [3.05, 3.63) is 65.2 Å². The van der Waals surface area contributed by atoms with Crippen molar-refractivity contribution in [1.29, 1.82) is 0 Å². The van der Waals surface area contributed by atoms with Crippen molar-refractivity contribution >= 4 is 5.57 Å². The van der Waals surface area contributed by atoms with Crippen molar-refractivity contribution in [2.75, 3.05) is 52.5 Å². The lowest BCUT2D eigenvalue weighted by Gasteiger charge is -2.19. The number of hydrogen-bond acceptors (Lipinski definition) is 4. The minimum atomic E-state index is 0.765. The van der Waals surface area contributed by atoms with Gasteiger partial charge in [0.05, 0.1) is 0 Å². The Morgan fingerprint density at radius 1 is 0.548 bits per heavy atom. The lowest BCUT2D eigenvalue weighted by atomic mass is 9.87. The first-order valence-corrected chi connectivity index (χ1v) is 17.4. The molecule has 42 heavy (non-hydrogen) atoms. The molecule has 0 radical (unpaired) electrons. The van der Waals surface area contributed by atoms with Gasteiger partial charge in [0.2, 0.25) is 0 Å². The van der Waals surface area contributed by atoms with Crippen molar-refractivity contribution < 1.29 is 9.47 Å². The molecule has 2 aliphatic rings. The summed E-state index contributed by atoms with van der Waals surface area (Å²) in [4.78, 5) is 5.02. The molecule has 0 amide bonds. The smallest absolute Gasteiger partial charge is 0.119 e. The molecule has 0 atom stereocenters. The largest absolute Gasteiger partial charge is 0.492 e. The van der Waals surface area contributed by atoms with Crippen LogP contribution in [0.25, 0.3) is 5.57 Å². The molecule has 0 spiro atoms. The maximum Gasteiger partial charge on any atom is 0.119 e. The number of unbranched alkanes of at least 4 members (excludes halogenated alkanes) is 6. The molecule has 0 unspecified atom stereocenters. The van der Waals surface area contributed by atoms with E-state index in [2.05, 4.69) is 72.2 Å². The highest BCUT2D eigenvalue weighted by Crippen LogP contribution is 2.34. The lowest BCUT2D eigenvalue weighted by molar-refractivity contribution is 0.237. The summed E-state index contributed by atoms with van der Waals surface area (Å²) in [5.41, 5.74) is 5.67. The Morgan fingerprint density at radius 3 is 1.33 bits per heavy atom. The van der Waals surface area contributed by atoms with Crippen LogP contribution in [0.1, 0.15) is 115 Å². The molecule has 4 rings (SSSR count). The Hall–Kier alpha value is -2.30. The van der Waals surface area contributed by atoms with Crippen molar-refractivity contribution in [3.8, 4) is 11.5 Å². The number of hydrogen-bond donors (Lipinski definition) is 0. The maximum absolute atomic E-state index is 6.16. The van der Waals surface area contributed by atoms with Crippen LogP contribution in [0.2, 0.25) is 0 Å². The summed E-state index contributed by atoms with van der Waals surface area (Å²) in [5.74, 6) is 1.96. The minimum absolute atomic E-state index is 0.765. The van der Waals surface area contributed by atoms with Gasteiger partial charge in [0.1, 0.15) is 24.7 Å². The third-order valence-corrected chi connectivity index (χ3v) is 9.05. The summed E-state index contributed by atoms with van der Waals surface area (Å²) in [7, 11) is 0. The molecule has 2 fully saturated rings. The summed E-state index contributed by atoms with van der Waals surface area (Å²) in [6.45, 7) is 13.1. The zero-order chi connectivity index (χ0) is 29.2. The van der Waals surface area contributed by atoms with Crippen LogP contribution in [0, 0.1) is 0 Å². The lowest BCUT2D eigenvalue weighted by Crippen LogP contribution is -2.25. The average Bonchev–Trinajstić information content (AvgIpc) is 3.74. The van der Waals surface area contributed by atoms with E-state index in [0.717, 1.165) is 37.8 Å². The van der Waals surface area contributed by atoms with E-state index in [0.29, 0.717) is 0 Å². The number of benzene rings is 2. The number of nitrogens with zero attached hydrogens (tertiary/aromatic N) is 2. The van der Waals surface area contributed by atoms with E-state index in [1.807, 2.05) is 0 Å². The van der Waals surface area contributed by atoms with Crippen LogP contribution in [-0.2, 0) is 0 Å². The van der Waals surface area contributed by atoms with Crippen LogP contribution in [-0.4, -0.2) is 62.3 Å². The predicted octanol–water partition coefficient (Wildman–Crippen LogP) is 9.38. The fraction of sp³-hybridized carbons (Fsp3) is 0.632. The van der Waals surface area contributed by atoms with E-state index in [4.69, 9.17) is 9.47 Å². The van der Waals surface area contributed by atoms with Gasteiger partial charge in [-0.3, -0.25) is 9.80 Å². The third kappa shape index (κ3) is 11.1. The van der Waals surface area contributed by atoms with Crippen molar-refractivity contribution in [2.45, 2.75) is 104 Å². The van der Waals surface area contributed by atoms with E-state index in [9.17, 15) is 0 Å². The monoisotopic (exact) mass is 574 g/mol. The Bertz CT molecular complexity index is 937. The number of allylic oxidation sites excluding steroid dienone is 1.